The fourth-order valence-electron chi connectivity index (χ4n) is 3.75. The van der Waals surface area contributed by atoms with Gasteiger partial charge in [-0.25, -0.2) is 0 Å². The summed E-state index contributed by atoms with van der Waals surface area (Å²) in [6, 6.07) is 13.7. The summed E-state index contributed by atoms with van der Waals surface area (Å²) in [5.41, 5.74) is 2.93. The van der Waals surface area contributed by atoms with Crippen LogP contribution in [-0.4, -0.2) is 25.6 Å². The Hall–Kier alpha value is -2.20. The van der Waals surface area contributed by atoms with Crippen LogP contribution in [0.2, 0.25) is 5.02 Å². The fourth-order valence-corrected chi connectivity index (χ4v) is 3.92. The summed E-state index contributed by atoms with van der Waals surface area (Å²) >= 11 is 6.20. The van der Waals surface area contributed by atoms with Gasteiger partial charge in [0.15, 0.2) is 0 Å². The lowest BCUT2D eigenvalue weighted by Crippen LogP contribution is -2.34. The summed E-state index contributed by atoms with van der Waals surface area (Å²) in [6.45, 7) is 2.44. The molecule has 2 aliphatic rings. The maximum Gasteiger partial charge on any atom is 0.231 e. The maximum absolute atomic E-state index is 12.9. The van der Waals surface area contributed by atoms with Crippen molar-refractivity contribution >= 4 is 28.9 Å². The van der Waals surface area contributed by atoms with Gasteiger partial charge in [-0.2, -0.15) is 0 Å². The molecule has 1 atom stereocenters. The van der Waals surface area contributed by atoms with Crippen molar-refractivity contribution in [1.82, 2.24) is 0 Å². The van der Waals surface area contributed by atoms with Crippen LogP contribution in [0.3, 0.4) is 0 Å². The zero-order valence-electron chi connectivity index (χ0n) is 14.7. The van der Waals surface area contributed by atoms with Crippen LogP contribution in [0.5, 0.6) is 5.75 Å². The topological polar surface area (TPSA) is 41.6 Å². The van der Waals surface area contributed by atoms with Crippen LogP contribution in [0.15, 0.2) is 42.5 Å². The number of halogens is 1. The molecular weight excluding hydrogens is 348 g/mol. The highest BCUT2D eigenvalue weighted by atomic mass is 35.5. The third-order valence-corrected chi connectivity index (χ3v) is 5.40. The zero-order valence-corrected chi connectivity index (χ0v) is 15.5. The largest absolute Gasteiger partial charge is 0.492 e. The molecule has 1 saturated heterocycles. The maximum atomic E-state index is 12.9. The van der Waals surface area contributed by atoms with Gasteiger partial charge in [0.2, 0.25) is 5.91 Å². The molecule has 2 aromatic rings. The Balaban J connectivity index is 1.52. The van der Waals surface area contributed by atoms with Gasteiger partial charge in [-0.3, -0.25) is 4.79 Å². The quantitative estimate of drug-likeness (QED) is 0.863. The highest BCUT2D eigenvalue weighted by Crippen LogP contribution is 2.33. The zero-order chi connectivity index (χ0) is 17.9. The number of para-hydroxylation sites is 1. The predicted octanol–water partition coefficient (Wildman–Crippen LogP) is 4.52. The molecule has 2 heterocycles. The Kier molecular flexibility index (Phi) is 5.02. The second-order valence-electron chi connectivity index (χ2n) is 7.02. The van der Waals surface area contributed by atoms with E-state index in [1.165, 1.54) is 19.3 Å². The van der Waals surface area contributed by atoms with Crippen LogP contribution in [0.4, 0.5) is 11.4 Å². The molecule has 0 spiro atoms. The Morgan fingerprint density at radius 1 is 1.12 bits per heavy atom. The normalized spacial score (nSPS) is 19.4. The minimum absolute atomic E-state index is 0.0139. The molecule has 136 valence electrons. The fraction of sp³-hybridized carbons (Fsp3) is 0.381. The molecule has 4 rings (SSSR count). The van der Waals surface area contributed by atoms with Crippen molar-refractivity contribution in [3.05, 3.63) is 53.1 Å². The van der Waals surface area contributed by atoms with E-state index in [9.17, 15) is 4.79 Å². The number of hydrogen-bond acceptors (Lipinski definition) is 3. The van der Waals surface area contributed by atoms with Crippen LogP contribution in [0.1, 0.15) is 24.8 Å². The summed E-state index contributed by atoms with van der Waals surface area (Å²) < 4.78 is 5.77. The number of fused-ring (bicyclic) bond motifs is 1. The number of nitrogens with zero attached hydrogens (tertiary/aromatic N) is 1. The van der Waals surface area contributed by atoms with Crippen molar-refractivity contribution in [2.45, 2.75) is 25.7 Å². The Bertz CT molecular complexity index is 802. The first kappa shape index (κ1) is 17.2. The van der Waals surface area contributed by atoms with E-state index in [-0.39, 0.29) is 11.8 Å². The number of carbonyl (C=O) groups is 1. The average molecular weight is 371 g/mol. The van der Waals surface area contributed by atoms with E-state index >= 15 is 0 Å². The molecule has 0 saturated carbocycles. The second kappa shape index (κ2) is 7.58. The van der Waals surface area contributed by atoms with E-state index in [1.807, 2.05) is 42.5 Å². The van der Waals surface area contributed by atoms with E-state index in [2.05, 4.69) is 10.2 Å². The van der Waals surface area contributed by atoms with E-state index < -0.39 is 0 Å². The summed E-state index contributed by atoms with van der Waals surface area (Å²) in [4.78, 5) is 15.2. The average Bonchev–Trinajstić information content (AvgIpc) is 2.68. The number of piperidine rings is 1. The number of carbonyl (C=O) groups excluding carboxylic acids is 1. The number of rotatable bonds is 3. The number of ether oxygens (including phenoxy) is 1. The Morgan fingerprint density at radius 2 is 1.92 bits per heavy atom. The third-order valence-electron chi connectivity index (χ3n) is 5.16. The summed E-state index contributed by atoms with van der Waals surface area (Å²) in [5, 5.41) is 3.73. The molecule has 0 unspecified atom stereocenters. The molecule has 26 heavy (non-hydrogen) atoms. The van der Waals surface area contributed by atoms with Crippen molar-refractivity contribution < 1.29 is 9.53 Å². The summed E-state index contributed by atoms with van der Waals surface area (Å²) in [7, 11) is 0. The van der Waals surface area contributed by atoms with Gasteiger partial charge in [0.05, 0.1) is 17.3 Å². The van der Waals surface area contributed by atoms with E-state index in [1.54, 1.807) is 0 Å². The second-order valence-corrected chi connectivity index (χ2v) is 7.45. The monoisotopic (exact) mass is 370 g/mol. The number of amides is 1. The van der Waals surface area contributed by atoms with E-state index in [0.29, 0.717) is 18.1 Å². The van der Waals surface area contributed by atoms with Gasteiger partial charge in [-0.05, 0) is 55.5 Å². The number of benzene rings is 2. The lowest BCUT2D eigenvalue weighted by Gasteiger charge is -2.31. The van der Waals surface area contributed by atoms with Gasteiger partial charge >= 0.3 is 0 Å². The smallest absolute Gasteiger partial charge is 0.231 e. The first-order valence-corrected chi connectivity index (χ1v) is 9.64. The molecule has 2 aromatic carbocycles. The SMILES string of the molecule is O=C(Nc1cc(Cl)ccc1N1CCCCC1)[C@H]1COc2ccccc2C1. The van der Waals surface area contributed by atoms with Crippen molar-refractivity contribution in [1.29, 1.82) is 0 Å². The van der Waals surface area contributed by atoms with Gasteiger partial charge in [-0.15, -0.1) is 0 Å². The predicted molar refractivity (Wildman–Crippen MR) is 105 cm³/mol. The van der Waals surface area contributed by atoms with Crippen molar-refractivity contribution in [3.63, 3.8) is 0 Å². The van der Waals surface area contributed by atoms with Crippen LogP contribution in [-0.2, 0) is 11.2 Å². The van der Waals surface area contributed by atoms with Crippen molar-refractivity contribution in [3.8, 4) is 5.75 Å². The standard InChI is InChI=1S/C21H23ClN2O2/c22-17-8-9-19(24-10-4-1-5-11-24)18(13-17)23-21(25)16-12-15-6-2-3-7-20(15)26-14-16/h2-3,6-9,13,16H,1,4-5,10-12,14H2,(H,23,25)/t16-/m1/s1. The minimum atomic E-state index is -0.196. The number of anilines is 2. The van der Waals surface area contributed by atoms with Crippen LogP contribution >= 0.6 is 11.6 Å². The Labute approximate surface area is 159 Å². The molecule has 0 aliphatic carbocycles. The van der Waals surface area contributed by atoms with Crippen molar-refractivity contribution in [2.75, 3.05) is 29.9 Å². The van der Waals surface area contributed by atoms with Gasteiger partial charge in [-0.1, -0.05) is 29.8 Å². The molecule has 0 radical (unpaired) electrons. The van der Waals surface area contributed by atoms with E-state index in [4.69, 9.17) is 16.3 Å². The van der Waals surface area contributed by atoms with Crippen LogP contribution in [0, 0.1) is 5.92 Å². The molecule has 1 N–H and O–H groups in total. The molecule has 1 amide bonds. The molecule has 4 nitrogen and oxygen atoms in total. The number of hydrogen-bond donors (Lipinski definition) is 1. The third kappa shape index (κ3) is 3.65. The lowest BCUT2D eigenvalue weighted by molar-refractivity contribution is -0.121. The van der Waals surface area contributed by atoms with E-state index in [0.717, 1.165) is 35.8 Å². The van der Waals surface area contributed by atoms with Gasteiger partial charge in [0.25, 0.3) is 0 Å². The van der Waals surface area contributed by atoms with Gasteiger partial charge in [0.1, 0.15) is 12.4 Å². The Morgan fingerprint density at radius 3 is 2.77 bits per heavy atom. The molecule has 0 aromatic heterocycles. The number of nitrogens with one attached hydrogen (secondary N) is 1. The van der Waals surface area contributed by atoms with Crippen molar-refractivity contribution in [2.24, 2.45) is 5.92 Å². The van der Waals surface area contributed by atoms with Gasteiger partial charge < -0.3 is 15.0 Å². The lowest BCUT2D eigenvalue weighted by atomic mass is 9.96. The highest BCUT2D eigenvalue weighted by molar-refractivity contribution is 6.31. The van der Waals surface area contributed by atoms with Crippen LogP contribution in [0.25, 0.3) is 0 Å². The molecule has 0 bridgehead atoms. The first-order valence-electron chi connectivity index (χ1n) is 9.27. The molecule has 2 aliphatic heterocycles. The molecule has 5 heteroatoms. The van der Waals surface area contributed by atoms with Gasteiger partial charge in [0, 0.05) is 18.1 Å². The first-order chi connectivity index (χ1) is 12.7. The minimum Gasteiger partial charge on any atom is -0.492 e. The molecular formula is C21H23ClN2O2. The summed E-state index contributed by atoms with van der Waals surface area (Å²) in [6.07, 6.45) is 4.33. The molecule has 1 fully saturated rings. The summed E-state index contributed by atoms with van der Waals surface area (Å²) in [5.74, 6) is 0.673. The van der Waals surface area contributed by atoms with Crippen LogP contribution < -0.4 is 15.0 Å². The highest BCUT2D eigenvalue weighted by Gasteiger charge is 2.27.